The minimum Gasteiger partial charge on any atom is -0.490 e. The number of rotatable bonds is 1. The van der Waals surface area contributed by atoms with Gasteiger partial charge in [0.1, 0.15) is 11.9 Å². The molecule has 0 spiro atoms. The van der Waals surface area contributed by atoms with Crippen molar-refractivity contribution in [3.8, 4) is 5.75 Å². The Morgan fingerprint density at radius 2 is 1.92 bits per heavy atom. The molecule has 4 bridgehead atoms. The highest BCUT2D eigenvalue weighted by Crippen LogP contribution is 2.68. The molecule has 196 valence electrons. The lowest BCUT2D eigenvalue weighted by molar-refractivity contribution is -0.143. The zero-order valence-corrected chi connectivity index (χ0v) is 22.1. The van der Waals surface area contributed by atoms with E-state index in [9.17, 15) is 14.7 Å². The van der Waals surface area contributed by atoms with Gasteiger partial charge in [0.2, 0.25) is 5.60 Å². The molecule has 37 heavy (non-hydrogen) atoms. The maximum atomic E-state index is 14.6. The fourth-order valence-electron chi connectivity index (χ4n) is 9.97. The number of hydrogen-bond donors (Lipinski definition) is 2. The van der Waals surface area contributed by atoms with E-state index in [1.807, 2.05) is 30.3 Å². The molecule has 4 aliphatic heterocycles. The van der Waals surface area contributed by atoms with Crippen LogP contribution < -0.4 is 10.1 Å². The molecular weight excluding hydrogens is 466 g/mol. The fourth-order valence-corrected chi connectivity index (χ4v) is 9.97. The van der Waals surface area contributed by atoms with Crippen molar-refractivity contribution in [1.82, 2.24) is 5.32 Å². The van der Waals surface area contributed by atoms with E-state index < -0.39 is 29.3 Å². The fraction of sp³-hybridized carbons (Fsp3) is 0.613. The number of carbonyl (C=O) groups excluding carboxylic acids is 2. The number of benzene rings is 1. The van der Waals surface area contributed by atoms with Crippen LogP contribution in [-0.2, 0) is 20.7 Å². The molecule has 2 saturated carbocycles. The second-order valence-electron chi connectivity index (χ2n) is 13.2. The van der Waals surface area contributed by atoms with Crippen molar-refractivity contribution in [2.24, 2.45) is 46.8 Å². The highest BCUT2D eigenvalue weighted by molar-refractivity contribution is 6.16. The summed E-state index contributed by atoms with van der Waals surface area (Å²) >= 11 is 0. The van der Waals surface area contributed by atoms with Gasteiger partial charge in [0, 0.05) is 30.1 Å². The summed E-state index contributed by atoms with van der Waals surface area (Å²) in [5, 5.41) is 14.2. The predicted octanol–water partition coefficient (Wildman–Crippen LogP) is 3.83. The Bertz CT molecular complexity index is 1240. The average molecular weight is 504 g/mol. The Morgan fingerprint density at radius 3 is 2.59 bits per heavy atom. The van der Waals surface area contributed by atoms with E-state index >= 15 is 0 Å². The Labute approximate surface area is 218 Å². The highest BCUT2D eigenvalue weighted by atomic mass is 16.6. The minimum absolute atomic E-state index is 0.0329. The second-order valence-corrected chi connectivity index (χ2v) is 13.2. The number of hydrogen-bond acceptors (Lipinski definition) is 5. The van der Waals surface area contributed by atoms with Crippen LogP contribution in [0.2, 0.25) is 0 Å². The Hall–Kier alpha value is -2.44. The number of allylic oxidation sites excluding steroid dienone is 3. The molecule has 8 rings (SSSR count). The molecule has 1 aromatic carbocycles. The largest absolute Gasteiger partial charge is 0.490 e. The molecule has 0 unspecified atom stereocenters. The van der Waals surface area contributed by atoms with Gasteiger partial charge in [-0.3, -0.25) is 9.59 Å². The predicted molar refractivity (Wildman–Crippen MR) is 137 cm³/mol. The summed E-state index contributed by atoms with van der Waals surface area (Å²) in [5.41, 5.74) is -1.16. The van der Waals surface area contributed by atoms with E-state index in [1.54, 1.807) is 0 Å². The minimum atomic E-state index is -1.64. The number of fused-ring (bicyclic) bond motifs is 4. The summed E-state index contributed by atoms with van der Waals surface area (Å²) in [4.78, 5) is 28.0. The Morgan fingerprint density at radius 1 is 1.19 bits per heavy atom. The summed E-state index contributed by atoms with van der Waals surface area (Å²) in [6, 6.07) is 7.80. The third kappa shape index (κ3) is 2.89. The quantitative estimate of drug-likeness (QED) is 0.346. The molecule has 1 amide bonds. The van der Waals surface area contributed by atoms with Crippen molar-refractivity contribution in [3.05, 3.63) is 54.1 Å². The van der Waals surface area contributed by atoms with Crippen molar-refractivity contribution in [1.29, 1.82) is 0 Å². The number of epoxide rings is 1. The average Bonchev–Trinajstić information content (AvgIpc) is 3.50. The summed E-state index contributed by atoms with van der Waals surface area (Å²) in [6.45, 7) is 13.4. The van der Waals surface area contributed by atoms with Crippen LogP contribution in [0.1, 0.15) is 46.1 Å². The van der Waals surface area contributed by atoms with E-state index in [0.717, 1.165) is 24.2 Å². The maximum absolute atomic E-state index is 14.6. The molecule has 4 fully saturated rings. The maximum Gasteiger partial charge on any atom is 0.265 e. The number of nitrogens with one attached hydrogen (secondary N) is 1. The Kier molecular flexibility index (Phi) is 4.70. The smallest absolute Gasteiger partial charge is 0.265 e. The first-order valence-electron chi connectivity index (χ1n) is 13.9. The van der Waals surface area contributed by atoms with Crippen LogP contribution in [-0.4, -0.2) is 40.3 Å². The van der Waals surface area contributed by atoms with E-state index in [-0.39, 0.29) is 47.4 Å². The zero-order chi connectivity index (χ0) is 26.1. The zero-order valence-electron chi connectivity index (χ0n) is 22.1. The van der Waals surface area contributed by atoms with Crippen LogP contribution in [0.5, 0.6) is 5.75 Å². The lowest BCUT2D eigenvalue weighted by Crippen LogP contribution is -2.51. The van der Waals surface area contributed by atoms with E-state index in [2.05, 4.69) is 45.7 Å². The van der Waals surface area contributed by atoms with Gasteiger partial charge >= 0.3 is 0 Å². The van der Waals surface area contributed by atoms with Gasteiger partial charge in [0.05, 0.1) is 0 Å². The lowest BCUT2D eigenvalue weighted by Gasteiger charge is -2.48. The van der Waals surface area contributed by atoms with Crippen LogP contribution >= 0.6 is 0 Å². The number of ketones is 1. The number of Topliss-reactive ketones (excluding diaryl/α,β-unsaturated/α-hetero) is 1. The van der Waals surface area contributed by atoms with Gasteiger partial charge in [0.15, 0.2) is 17.6 Å². The summed E-state index contributed by atoms with van der Waals surface area (Å²) < 4.78 is 12.9. The third-order valence-electron chi connectivity index (χ3n) is 10.9. The first-order valence-corrected chi connectivity index (χ1v) is 13.9. The topological polar surface area (TPSA) is 88.2 Å². The van der Waals surface area contributed by atoms with Gasteiger partial charge in [-0.2, -0.15) is 0 Å². The highest BCUT2D eigenvalue weighted by Gasteiger charge is 2.82. The number of aliphatic hydroxyl groups is 1. The molecule has 0 aromatic heterocycles. The van der Waals surface area contributed by atoms with E-state index in [4.69, 9.17) is 9.47 Å². The van der Waals surface area contributed by atoms with Crippen LogP contribution in [0.15, 0.2) is 48.6 Å². The van der Waals surface area contributed by atoms with Crippen molar-refractivity contribution in [2.75, 3.05) is 0 Å². The molecule has 2 saturated heterocycles. The normalized spacial score (nSPS) is 51.3. The summed E-state index contributed by atoms with van der Waals surface area (Å²) in [5.74, 6) is 0.618. The summed E-state index contributed by atoms with van der Waals surface area (Å²) in [7, 11) is 0. The molecule has 2 N–H and O–H groups in total. The molecule has 4 heterocycles. The summed E-state index contributed by atoms with van der Waals surface area (Å²) in [6.07, 6.45) is 5.35. The molecule has 1 aromatic rings. The molecule has 6 heteroatoms. The molecule has 12 atom stereocenters. The molecule has 6 nitrogen and oxygen atoms in total. The Balaban J connectivity index is 1.46. The van der Waals surface area contributed by atoms with Gasteiger partial charge in [-0.1, -0.05) is 50.6 Å². The van der Waals surface area contributed by atoms with Crippen LogP contribution in [0.25, 0.3) is 0 Å². The lowest BCUT2D eigenvalue weighted by atomic mass is 9.55. The number of ether oxygens (including phenoxy) is 2. The van der Waals surface area contributed by atoms with Gasteiger partial charge in [0.25, 0.3) is 5.91 Å². The molecule has 7 aliphatic rings. The standard InChI is InChI=1S/C31H37NO5/c1-6-19-12-17(4)23-22-21(19)26(33)31-27(37-31)30(35,32-28(31)34)14-18-7-9-20(10-8-18)36-25(22)24-16(3)11-15(2)13-29(23,24)5/h6-10,12,15-16,19,21-25,27,35H,1,11,13-14H2,2-5H3,(H,32,34)/t15-,16+,19+,21+,22+,23+,24-,25-,27+,29+,30-,31+/m0/s1. The number of amides is 1. The third-order valence-corrected chi connectivity index (χ3v) is 10.9. The van der Waals surface area contributed by atoms with E-state index in [1.165, 1.54) is 5.57 Å². The monoisotopic (exact) mass is 503 g/mol. The van der Waals surface area contributed by atoms with Crippen molar-refractivity contribution >= 4 is 11.7 Å². The van der Waals surface area contributed by atoms with Gasteiger partial charge in [-0.15, -0.1) is 6.58 Å². The van der Waals surface area contributed by atoms with Crippen LogP contribution in [0, 0.1) is 46.8 Å². The van der Waals surface area contributed by atoms with Crippen LogP contribution in [0.3, 0.4) is 0 Å². The second kappa shape index (κ2) is 7.35. The van der Waals surface area contributed by atoms with Gasteiger partial charge in [-0.05, 0) is 60.6 Å². The van der Waals surface area contributed by atoms with Crippen molar-refractivity contribution in [3.63, 3.8) is 0 Å². The van der Waals surface area contributed by atoms with Gasteiger partial charge < -0.3 is 19.9 Å². The number of carbonyl (C=O) groups is 2. The SMILES string of the molecule is C=C[C@@H]1C=C(C)[C@@H]2[C@@H]3[C@H](Oc4ccc(cc4)C[C@@]4(O)NC(=O)[C@@]5(O[C@@H]54)C(=O)[C@H]13)[C@@H]1[C@H](C)C[C@H](C)C[C@@]12C. The molecular formula is C31H37NO5. The number of morpholine rings is 1. The van der Waals surface area contributed by atoms with Gasteiger partial charge in [-0.25, -0.2) is 0 Å². The van der Waals surface area contributed by atoms with E-state index in [0.29, 0.717) is 11.8 Å². The van der Waals surface area contributed by atoms with Crippen molar-refractivity contribution < 1.29 is 24.2 Å². The first kappa shape index (κ1) is 23.7. The molecule has 0 radical (unpaired) electrons. The first-order chi connectivity index (χ1) is 17.5. The van der Waals surface area contributed by atoms with Crippen molar-refractivity contribution in [2.45, 2.75) is 70.5 Å². The molecule has 3 aliphatic carbocycles. The van der Waals surface area contributed by atoms with Crippen LogP contribution in [0.4, 0.5) is 0 Å².